The van der Waals surface area contributed by atoms with Gasteiger partial charge in [0, 0.05) is 18.3 Å². The second-order valence-corrected chi connectivity index (χ2v) is 4.23. The van der Waals surface area contributed by atoms with Crippen molar-refractivity contribution in [1.82, 2.24) is 20.9 Å². The number of hydrogen-bond donors (Lipinski definition) is 4. The predicted octanol–water partition coefficient (Wildman–Crippen LogP) is -0.814. The number of carbonyl (C=O) groups excluding carboxylic acids is 2. The van der Waals surface area contributed by atoms with Crippen molar-refractivity contribution in [1.29, 1.82) is 0 Å². The Bertz CT molecular complexity index is 435. The van der Waals surface area contributed by atoms with Gasteiger partial charge in [0.2, 0.25) is 5.91 Å². The van der Waals surface area contributed by atoms with Crippen LogP contribution in [0.25, 0.3) is 0 Å². The third kappa shape index (κ3) is 6.99. The van der Waals surface area contributed by atoms with Gasteiger partial charge in [0.1, 0.15) is 6.54 Å². The largest absolute Gasteiger partial charge is 0.480 e. The van der Waals surface area contributed by atoms with Crippen molar-refractivity contribution in [3.8, 4) is 0 Å². The van der Waals surface area contributed by atoms with E-state index in [0.717, 1.165) is 5.69 Å². The monoisotopic (exact) mass is 286 g/mol. The first-order chi connectivity index (χ1) is 9.08. The van der Waals surface area contributed by atoms with E-state index in [1.807, 2.05) is 5.38 Å². The van der Waals surface area contributed by atoms with Crippen LogP contribution in [0.15, 0.2) is 10.9 Å². The molecular formula is C10H14N4O4S. The van der Waals surface area contributed by atoms with E-state index in [1.54, 1.807) is 5.51 Å². The zero-order chi connectivity index (χ0) is 14.1. The lowest BCUT2D eigenvalue weighted by atomic mass is 10.3. The average molecular weight is 286 g/mol. The SMILES string of the molecule is O=C(O)CNC(=O)CNC(=O)NCCc1cscn1. The third-order valence-electron chi connectivity index (χ3n) is 2.00. The maximum Gasteiger partial charge on any atom is 0.322 e. The molecule has 0 aliphatic carbocycles. The Morgan fingerprint density at radius 2 is 2.00 bits per heavy atom. The molecule has 0 spiro atoms. The van der Waals surface area contributed by atoms with Gasteiger partial charge in [-0.15, -0.1) is 11.3 Å². The Morgan fingerprint density at radius 1 is 1.21 bits per heavy atom. The van der Waals surface area contributed by atoms with E-state index >= 15 is 0 Å². The normalized spacial score (nSPS) is 9.68. The second kappa shape index (κ2) is 8.03. The summed E-state index contributed by atoms with van der Waals surface area (Å²) in [5.74, 6) is -1.70. The third-order valence-corrected chi connectivity index (χ3v) is 2.63. The van der Waals surface area contributed by atoms with Crippen LogP contribution in [0.4, 0.5) is 4.79 Å². The highest BCUT2D eigenvalue weighted by molar-refractivity contribution is 7.07. The fourth-order valence-corrected chi connectivity index (χ4v) is 1.72. The summed E-state index contributed by atoms with van der Waals surface area (Å²) >= 11 is 1.48. The van der Waals surface area contributed by atoms with Crippen molar-refractivity contribution < 1.29 is 19.5 Å². The fraction of sp³-hybridized carbons (Fsp3) is 0.400. The molecule has 0 atom stereocenters. The number of urea groups is 1. The van der Waals surface area contributed by atoms with Gasteiger partial charge in [-0.05, 0) is 0 Å². The number of thiazole rings is 1. The van der Waals surface area contributed by atoms with Crippen molar-refractivity contribution in [2.45, 2.75) is 6.42 Å². The van der Waals surface area contributed by atoms with E-state index in [-0.39, 0.29) is 6.54 Å². The fourth-order valence-electron chi connectivity index (χ4n) is 1.12. The van der Waals surface area contributed by atoms with E-state index in [1.165, 1.54) is 11.3 Å². The molecular weight excluding hydrogens is 272 g/mol. The number of amides is 3. The van der Waals surface area contributed by atoms with Crippen molar-refractivity contribution in [3.05, 3.63) is 16.6 Å². The molecule has 1 aromatic rings. The van der Waals surface area contributed by atoms with Crippen LogP contribution >= 0.6 is 11.3 Å². The highest BCUT2D eigenvalue weighted by atomic mass is 32.1. The minimum absolute atomic E-state index is 0.268. The lowest BCUT2D eigenvalue weighted by molar-refractivity contribution is -0.137. The molecule has 1 rings (SSSR count). The lowest BCUT2D eigenvalue weighted by Crippen LogP contribution is -2.43. The summed E-state index contributed by atoms with van der Waals surface area (Å²) in [4.78, 5) is 36.6. The summed E-state index contributed by atoms with van der Waals surface area (Å²) in [5, 5.41) is 17.2. The molecule has 0 fully saturated rings. The molecule has 0 aliphatic heterocycles. The maximum atomic E-state index is 11.3. The van der Waals surface area contributed by atoms with Crippen LogP contribution in [0.1, 0.15) is 5.69 Å². The molecule has 0 radical (unpaired) electrons. The molecule has 0 aromatic carbocycles. The highest BCUT2D eigenvalue weighted by Crippen LogP contribution is 2.00. The van der Waals surface area contributed by atoms with Gasteiger partial charge in [-0.25, -0.2) is 9.78 Å². The van der Waals surface area contributed by atoms with Gasteiger partial charge in [0.05, 0.1) is 17.7 Å². The van der Waals surface area contributed by atoms with Gasteiger partial charge < -0.3 is 21.1 Å². The van der Waals surface area contributed by atoms with E-state index < -0.39 is 24.5 Å². The van der Waals surface area contributed by atoms with Gasteiger partial charge >= 0.3 is 12.0 Å². The number of nitrogens with zero attached hydrogens (tertiary/aromatic N) is 1. The molecule has 0 bridgehead atoms. The molecule has 0 saturated heterocycles. The minimum atomic E-state index is -1.14. The van der Waals surface area contributed by atoms with Gasteiger partial charge in [-0.2, -0.15) is 0 Å². The zero-order valence-electron chi connectivity index (χ0n) is 10.0. The van der Waals surface area contributed by atoms with Crippen LogP contribution in [-0.2, 0) is 16.0 Å². The zero-order valence-corrected chi connectivity index (χ0v) is 10.8. The average Bonchev–Trinajstić information content (AvgIpc) is 2.87. The molecule has 104 valence electrons. The van der Waals surface area contributed by atoms with Crippen LogP contribution in [0.5, 0.6) is 0 Å². The molecule has 19 heavy (non-hydrogen) atoms. The standard InChI is InChI=1S/C10H14N4O4S/c15-8(12-4-9(16)17)3-13-10(18)11-2-1-7-5-19-6-14-7/h5-6H,1-4H2,(H,12,15)(H,16,17)(H2,11,13,18). The van der Waals surface area contributed by atoms with E-state index in [4.69, 9.17) is 5.11 Å². The van der Waals surface area contributed by atoms with E-state index in [2.05, 4.69) is 20.9 Å². The summed E-state index contributed by atoms with van der Waals surface area (Å²) in [5.41, 5.74) is 2.60. The predicted molar refractivity (Wildman–Crippen MR) is 67.9 cm³/mol. The Morgan fingerprint density at radius 3 is 2.63 bits per heavy atom. The quantitative estimate of drug-likeness (QED) is 0.522. The maximum absolute atomic E-state index is 11.3. The molecule has 0 saturated carbocycles. The molecule has 1 heterocycles. The smallest absolute Gasteiger partial charge is 0.322 e. The topological polar surface area (TPSA) is 120 Å². The Balaban J connectivity index is 2.07. The van der Waals surface area contributed by atoms with Crippen molar-refractivity contribution in [2.75, 3.05) is 19.6 Å². The summed E-state index contributed by atoms with van der Waals surface area (Å²) in [6.07, 6.45) is 0.613. The van der Waals surface area contributed by atoms with E-state index in [9.17, 15) is 14.4 Å². The number of hydrogen-bond acceptors (Lipinski definition) is 5. The highest BCUT2D eigenvalue weighted by Gasteiger charge is 2.06. The summed E-state index contributed by atoms with van der Waals surface area (Å²) in [6.45, 7) is -0.325. The molecule has 8 nitrogen and oxygen atoms in total. The first kappa shape index (κ1) is 14.9. The second-order valence-electron chi connectivity index (χ2n) is 3.51. The summed E-state index contributed by atoms with van der Waals surface area (Å²) in [6, 6.07) is -0.485. The van der Waals surface area contributed by atoms with Crippen molar-refractivity contribution in [3.63, 3.8) is 0 Å². The first-order valence-electron chi connectivity index (χ1n) is 5.45. The number of nitrogens with one attached hydrogen (secondary N) is 3. The molecule has 9 heteroatoms. The van der Waals surface area contributed by atoms with E-state index in [0.29, 0.717) is 13.0 Å². The summed E-state index contributed by atoms with van der Waals surface area (Å²) < 4.78 is 0. The Labute approximate surface area is 113 Å². The van der Waals surface area contributed by atoms with Crippen LogP contribution in [0, 0.1) is 0 Å². The number of carbonyl (C=O) groups is 3. The number of carboxylic acids is 1. The van der Waals surface area contributed by atoms with Crippen LogP contribution in [-0.4, -0.2) is 47.6 Å². The number of aromatic nitrogens is 1. The Kier molecular flexibility index (Phi) is 6.30. The van der Waals surface area contributed by atoms with Crippen LogP contribution in [0.2, 0.25) is 0 Å². The van der Waals surface area contributed by atoms with Gasteiger partial charge in [0.25, 0.3) is 0 Å². The molecule has 3 amide bonds. The molecule has 0 unspecified atom stereocenters. The van der Waals surface area contributed by atoms with Crippen molar-refractivity contribution >= 4 is 29.2 Å². The van der Waals surface area contributed by atoms with Gasteiger partial charge in [-0.3, -0.25) is 9.59 Å². The lowest BCUT2D eigenvalue weighted by Gasteiger charge is -2.06. The number of aliphatic carboxylic acids is 1. The summed E-state index contributed by atoms with van der Waals surface area (Å²) in [7, 11) is 0. The first-order valence-corrected chi connectivity index (χ1v) is 6.39. The van der Waals surface area contributed by atoms with Crippen molar-refractivity contribution in [2.24, 2.45) is 0 Å². The number of carboxylic acid groups (broad SMARTS) is 1. The minimum Gasteiger partial charge on any atom is -0.480 e. The molecule has 4 N–H and O–H groups in total. The molecule has 0 aliphatic rings. The van der Waals surface area contributed by atoms with Crippen LogP contribution < -0.4 is 16.0 Å². The Hall–Kier alpha value is -2.16. The number of rotatable bonds is 7. The van der Waals surface area contributed by atoms with Crippen LogP contribution in [0.3, 0.4) is 0 Å². The molecule has 1 aromatic heterocycles. The van der Waals surface area contributed by atoms with Gasteiger partial charge in [-0.1, -0.05) is 0 Å². The van der Waals surface area contributed by atoms with Gasteiger partial charge in [0.15, 0.2) is 0 Å².